The maximum Gasteiger partial charge on any atom is 0.338 e. The highest BCUT2D eigenvalue weighted by Gasteiger charge is 2.12. The molecule has 1 amide bonds. The van der Waals surface area contributed by atoms with Crippen LogP contribution in [0.5, 0.6) is 11.5 Å². The van der Waals surface area contributed by atoms with Gasteiger partial charge in [0.05, 0.1) is 19.8 Å². The van der Waals surface area contributed by atoms with Crippen LogP contribution < -0.4 is 19.7 Å². The Balaban J connectivity index is 1.94. The van der Waals surface area contributed by atoms with E-state index in [1.54, 1.807) is 36.4 Å². The van der Waals surface area contributed by atoms with Gasteiger partial charge >= 0.3 is 5.97 Å². The molecule has 0 spiro atoms. The van der Waals surface area contributed by atoms with Crippen LogP contribution in [0, 0.1) is 0 Å². The number of ether oxygens (including phenoxy) is 3. The van der Waals surface area contributed by atoms with Gasteiger partial charge in [0.2, 0.25) is 0 Å². The third kappa shape index (κ3) is 4.89. The largest absolute Gasteiger partial charge is 0.493 e. The Bertz CT molecular complexity index is 789. The van der Waals surface area contributed by atoms with Crippen LogP contribution in [0.4, 0.5) is 11.4 Å². The zero-order valence-electron chi connectivity index (χ0n) is 15.2. The van der Waals surface area contributed by atoms with Crippen LogP contribution in [-0.4, -0.2) is 46.8 Å². The van der Waals surface area contributed by atoms with Crippen molar-refractivity contribution in [2.24, 2.45) is 0 Å². The molecule has 0 aliphatic rings. The van der Waals surface area contributed by atoms with Crippen LogP contribution in [0.1, 0.15) is 10.4 Å². The van der Waals surface area contributed by atoms with Crippen molar-refractivity contribution in [3.8, 4) is 11.5 Å². The van der Waals surface area contributed by atoms with Gasteiger partial charge in [0.15, 0.2) is 18.1 Å². The Hall–Kier alpha value is -3.22. The van der Waals surface area contributed by atoms with Crippen molar-refractivity contribution in [3.05, 3.63) is 48.0 Å². The van der Waals surface area contributed by atoms with Crippen molar-refractivity contribution < 1.29 is 23.8 Å². The van der Waals surface area contributed by atoms with E-state index in [0.717, 1.165) is 5.69 Å². The van der Waals surface area contributed by atoms with Gasteiger partial charge in [-0.05, 0) is 30.3 Å². The number of carbonyl (C=O) groups excluding carboxylic acids is 2. The third-order valence-electron chi connectivity index (χ3n) is 3.60. The van der Waals surface area contributed by atoms with E-state index >= 15 is 0 Å². The molecule has 2 aromatic carbocycles. The summed E-state index contributed by atoms with van der Waals surface area (Å²) in [5, 5.41) is 2.64. The highest BCUT2D eigenvalue weighted by atomic mass is 16.5. The summed E-state index contributed by atoms with van der Waals surface area (Å²) in [6, 6.07) is 11.9. The molecule has 1 N–H and O–H groups in total. The van der Waals surface area contributed by atoms with Crippen LogP contribution in [-0.2, 0) is 9.53 Å². The van der Waals surface area contributed by atoms with Gasteiger partial charge < -0.3 is 24.4 Å². The van der Waals surface area contributed by atoms with Crippen LogP contribution in [0.25, 0.3) is 0 Å². The Kier molecular flexibility index (Phi) is 6.43. The first-order valence-corrected chi connectivity index (χ1v) is 7.91. The fraction of sp³-hybridized carbons (Fsp3) is 0.263. The van der Waals surface area contributed by atoms with E-state index in [1.807, 2.05) is 25.1 Å². The van der Waals surface area contributed by atoms with Gasteiger partial charge in [0.25, 0.3) is 5.91 Å². The van der Waals surface area contributed by atoms with E-state index in [0.29, 0.717) is 22.7 Å². The van der Waals surface area contributed by atoms with Crippen molar-refractivity contribution in [2.45, 2.75) is 0 Å². The molecular weight excluding hydrogens is 336 g/mol. The van der Waals surface area contributed by atoms with E-state index in [4.69, 9.17) is 14.2 Å². The number of methoxy groups -OCH3 is 2. The third-order valence-corrected chi connectivity index (χ3v) is 3.60. The SMILES string of the molecule is COc1ccc(NC(=O)COC(=O)c2cccc(N(C)C)c2)cc1OC. The van der Waals surface area contributed by atoms with E-state index in [2.05, 4.69) is 5.32 Å². The lowest BCUT2D eigenvalue weighted by atomic mass is 10.2. The number of anilines is 2. The highest BCUT2D eigenvalue weighted by molar-refractivity contribution is 5.96. The van der Waals surface area contributed by atoms with Crippen LogP contribution in [0.15, 0.2) is 42.5 Å². The highest BCUT2D eigenvalue weighted by Crippen LogP contribution is 2.29. The standard InChI is InChI=1S/C19H22N2O5/c1-21(2)15-7-5-6-13(10-15)19(23)26-12-18(22)20-14-8-9-16(24-3)17(11-14)25-4/h5-11H,12H2,1-4H3,(H,20,22). The zero-order valence-corrected chi connectivity index (χ0v) is 15.2. The topological polar surface area (TPSA) is 77.1 Å². The quantitative estimate of drug-likeness (QED) is 0.767. The Morgan fingerprint density at radius 2 is 1.73 bits per heavy atom. The number of hydrogen-bond donors (Lipinski definition) is 1. The van der Waals surface area contributed by atoms with Crippen molar-refractivity contribution in [2.75, 3.05) is 45.1 Å². The van der Waals surface area contributed by atoms with Gasteiger partial charge in [-0.15, -0.1) is 0 Å². The first kappa shape index (κ1) is 19.1. The molecule has 0 heterocycles. The van der Waals surface area contributed by atoms with E-state index < -0.39 is 11.9 Å². The van der Waals surface area contributed by atoms with Crippen LogP contribution >= 0.6 is 0 Å². The molecule has 0 aliphatic carbocycles. The summed E-state index contributed by atoms with van der Waals surface area (Å²) >= 11 is 0. The molecule has 2 rings (SSSR count). The Morgan fingerprint density at radius 1 is 1.00 bits per heavy atom. The molecular formula is C19H22N2O5. The minimum Gasteiger partial charge on any atom is -0.493 e. The molecule has 138 valence electrons. The normalized spacial score (nSPS) is 10.0. The number of benzene rings is 2. The number of nitrogens with one attached hydrogen (secondary N) is 1. The number of amides is 1. The number of rotatable bonds is 7. The number of esters is 1. The molecule has 0 atom stereocenters. The molecule has 0 saturated carbocycles. The van der Waals surface area contributed by atoms with Gasteiger partial charge in [-0.25, -0.2) is 4.79 Å². The van der Waals surface area contributed by atoms with Crippen LogP contribution in [0.2, 0.25) is 0 Å². The average Bonchev–Trinajstić information content (AvgIpc) is 2.66. The van der Waals surface area contributed by atoms with Gasteiger partial charge in [0, 0.05) is 31.5 Å². The molecule has 26 heavy (non-hydrogen) atoms. The first-order valence-electron chi connectivity index (χ1n) is 7.91. The smallest absolute Gasteiger partial charge is 0.338 e. The Labute approximate surface area is 152 Å². The minimum absolute atomic E-state index is 0.384. The van der Waals surface area contributed by atoms with Crippen LogP contribution in [0.3, 0.4) is 0 Å². The fourth-order valence-electron chi connectivity index (χ4n) is 2.24. The molecule has 7 nitrogen and oxygen atoms in total. The molecule has 0 fully saturated rings. The fourth-order valence-corrected chi connectivity index (χ4v) is 2.24. The number of hydrogen-bond acceptors (Lipinski definition) is 6. The average molecular weight is 358 g/mol. The molecule has 0 aromatic heterocycles. The second kappa shape index (κ2) is 8.75. The number of nitrogens with zero attached hydrogens (tertiary/aromatic N) is 1. The molecule has 0 radical (unpaired) electrons. The van der Waals surface area contributed by atoms with Gasteiger partial charge in [-0.2, -0.15) is 0 Å². The van der Waals surface area contributed by atoms with Crippen molar-refractivity contribution in [3.63, 3.8) is 0 Å². The van der Waals surface area contributed by atoms with Crippen molar-refractivity contribution in [1.29, 1.82) is 0 Å². The molecule has 2 aromatic rings. The maximum atomic E-state index is 12.1. The summed E-state index contributed by atoms with van der Waals surface area (Å²) in [6.07, 6.45) is 0. The lowest BCUT2D eigenvalue weighted by molar-refractivity contribution is -0.119. The monoisotopic (exact) mass is 358 g/mol. The number of carbonyl (C=O) groups is 2. The summed E-state index contributed by atoms with van der Waals surface area (Å²) in [6.45, 7) is -0.390. The van der Waals surface area contributed by atoms with E-state index in [-0.39, 0.29) is 6.61 Å². The minimum atomic E-state index is -0.559. The summed E-state index contributed by atoms with van der Waals surface area (Å²) < 4.78 is 15.4. The first-order chi connectivity index (χ1) is 12.4. The predicted molar refractivity (Wildman–Crippen MR) is 99.2 cm³/mol. The van der Waals surface area contributed by atoms with Crippen molar-refractivity contribution >= 4 is 23.3 Å². The molecule has 0 saturated heterocycles. The maximum absolute atomic E-state index is 12.1. The Morgan fingerprint density at radius 3 is 2.38 bits per heavy atom. The summed E-state index contributed by atoms with van der Waals surface area (Å²) in [7, 11) is 6.79. The summed E-state index contributed by atoms with van der Waals surface area (Å²) in [4.78, 5) is 26.0. The van der Waals surface area contributed by atoms with Gasteiger partial charge in [-0.1, -0.05) is 6.07 Å². The van der Waals surface area contributed by atoms with E-state index in [9.17, 15) is 9.59 Å². The van der Waals surface area contributed by atoms with Gasteiger partial charge in [-0.3, -0.25) is 4.79 Å². The summed E-state index contributed by atoms with van der Waals surface area (Å²) in [5.74, 6) is 0.0333. The molecule has 0 bridgehead atoms. The lowest BCUT2D eigenvalue weighted by Crippen LogP contribution is -2.21. The second-order valence-corrected chi connectivity index (χ2v) is 5.64. The zero-order chi connectivity index (χ0) is 19.1. The lowest BCUT2D eigenvalue weighted by Gasteiger charge is -2.13. The summed E-state index contributed by atoms with van der Waals surface area (Å²) in [5.41, 5.74) is 1.77. The molecule has 0 unspecified atom stereocenters. The van der Waals surface area contributed by atoms with E-state index in [1.165, 1.54) is 14.2 Å². The van der Waals surface area contributed by atoms with Crippen molar-refractivity contribution in [1.82, 2.24) is 0 Å². The predicted octanol–water partition coefficient (Wildman–Crippen LogP) is 2.57. The van der Waals surface area contributed by atoms with Gasteiger partial charge in [0.1, 0.15) is 0 Å². The molecule has 7 heteroatoms. The molecule has 0 aliphatic heterocycles. The second-order valence-electron chi connectivity index (χ2n) is 5.64.